The van der Waals surface area contributed by atoms with Gasteiger partial charge in [-0.2, -0.15) is 0 Å². The van der Waals surface area contributed by atoms with Gasteiger partial charge in [-0.15, -0.1) is 21.5 Å². The Morgan fingerprint density at radius 1 is 1.32 bits per heavy atom. The number of para-hydroxylation sites is 1. The molecule has 3 aromatic rings. The van der Waals surface area contributed by atoms with E-state index in [1.807, 2.05) is 19.1 Å². The average Bonchev–Trinajstić information content (AvgIpc) is 3.07. The maximum Gasteiger partial charge on any atom is 0.349 e. The summed E-state index contributed by atoms with van der Waals surface area (Å²) in [6, 6.07) is 8.83. The van der Waals surface area contributed by atoms with Crippen molar-refractivity contribution in [2.24, 2.45) is 0 Å². The van der Waals surface area contributed by atoms with E-state index in [-0.39, 0.29) is 17.4 Å². The molecule has 1 unspecified atom stereocenters. The second kappa shape index (κ2) is 6.40. The van der Waals surface area contributed by atoms with Crippen molar-refractivity contribution in [1.82, 2.24) is 15.1 Å². The fraction of sp³-hybridized carbons (Fsp3) is 0.333. The number of aromatic nitrogens is 2. The summed E-state index contributed by atoms with van der Waals surface area (Å²) < 4.78 is 5.30. The van der Waals surface area contributed by atoms with Crippen LogP contribution in [0, 0.1) is 6.92 Å². The van der Waals surface area contributed by atoms with E-state index in [0.29, 0.717) is 18.7 Å². The summed E-state index contributed by atoms with van der Waals surface area (Å²) in [5, 5.41) is 10.9. The highest BCUT2D eigenvalue weighted by Gasteiger charge is 2.29. The lowest BCUT2D eigenvalue weighted by atomic mass is 9.98. The van der Waals surface area contributed by atoms with Gasteiger partial charge >= 0.3 is 5.63 Å². The van der Waals surface area contributed by atoms with E-state index in [9.17, 15) is 9.59 Å². The van der Waals surface area contributed by atoms with Crippen molar-refractivity contribution >= 4 is 28.2 Å². The van der Waals surface area contributed by atoms with Crippen LogP contribution in [0.25, 0.3) is 11.0 Å². The van der Waals surface area contributed by atoms with E-state index < -0.39 is 5.63 Å². The highest BCUT2D eigenvalue weighted by molar-refractivity contribution is 7.11. The molecule has 0 aliphatic carbocycles. The van der Waals surface area contributed by atoms with Gasteiger partial charge in [0.1, 0.15) is 21.2 Å². The van der Waals surface area contributed by atoms with Crippen LogP contribution in [0.2, 0.25) is 0 Å². The predicted octanol–water partition coefficient (Wildman–Crippen LogP) is 2.97. The van der Waals surface area contributed by atoms with Crippen LogP contribution < -0.4 is 5.63 Å². The summed E-state index contributed by atoms with van der Waals surface area (Å²) in [6.07, 6.45) is 1.86. The quantitative estimate of drug-likeness (QED) is 0.661. The number of aryl methyl sites for hydroxylation is 1. The van der Waals surface area contributed by atoms with Crippen LogP contribution in [-0.2, 0) is 0 Å². The molecule has 128 valence electrons. The largest absolute Gasteiger partial charge is 0.422 e. The van der Waals surface area contributed by atoms with E-state index in [4.69, 9.17) is 4.42 Å². The van der Waals surface area contributed by atoms with Gasteiger partial charge in [0.05, 0.1) is 0 Å². The van der Waals surface area contributed by atoms with Crippen LogP contribution in [0.4, 0.5) is 0 Å². The molecule has 7 heteroatoms. The predicted molar refractivity (Wildman–Crippen MR) is 95.0 cm³/mol. The number of carbonyl (C=O) groups excluding carboxylic acids is 1. The third kappa shape index (κ3) is 3.07. The molecule has 3 heterocycles. The number of benzene rings is 1. The van der Waals surface area contributed by atoms with Crippen molar-refractivity contribution < 1.29 is 9.21 Å². The Kier molecular flexibility index (Phi) is 4.09. The van der Waals surface area contributed by atoms with Crippen molar-refractivity contribution in [2.45, 2.75) is 25.7 Å². The van der Waals surface area contributed by atoms with Gasteiger partial charge in [-0.1, -0.05) is 18.2 Å². The molecule has 0 saturated carbocycles. The number of fused-ring (bicyclic) bond motifs is 1. The maximum absolute atomic E-state index is 12.9. The van der Waals surface area contributed by atoms with Crippen LogP contribution in [-0.4, -0.2) is 34.1 Å². The maximum atomic E-state index is 12.9. The molecule has 0 radical (unpaired) electrons. The Morgan fingerprint density at radius 3 is 2.96 bits per heavy atom. The van der Waals surface area contributed by atoms with E-state index in [2.05, 4.69) is 10.2 Å². The van der Waals surface area contributed by atoms with Gasteiger partial charge in [-0.05, 0) is 31.9 Å². The minimum Gasteiger partial charge on any atom is -0.422 e. The molecule has 1 atom stereocenters. The Morgan fingerprint density at radius 2 is 2.16 bits per heavy atom. The molecular weight excluding hydrogens is 338 g/mol. The minimum atomic E-state index is -0.586. The van der Waals surface area contributed by atoms with Crippen molar-refractivity contribution in [3.8, 4) is 0 Å². The summed E-state index contributed by atoms with van der Waals surface area (Å²) in [7, 11) is 0. The van der Waals surface area contributed by atoms with Crippen molar-refractivity contribution in [1.29, 1.82) is 0 Å². The number of likely N-dealkylation sites (tertiary alicyclic amines) is 1. The number of carbonyl (C=O) groups is 1. The minimum absolute atomic E-state index is 0.0906. The van der Waals surface area contributed by atoms with E-state index in [1.165, 1.54) is 0 Å². The number of nitrogens with zero attached hydrogens (tertiary/aromatic N) is 3. The summed E-state index contributed by atoms with van der Waals surface area (Å²) in [5.41, 5.74) is -0.00437. The number of rotatable bonds is 2. The monoisotopic (exact) mass is 355 g/mol. The Hall–Kier alpha value is -2.54. The first kappa shape index (κ1) is 16.0. The van der Waals surface area contributed by atoms with Crippen molar-refractivity contribution in [3.05, 3.63) is 56.3 Å². The van der Waals surface area contributed by atoms with Crippen molar-refractivity contribution in [3.63, 3.8) is 0 Å². The molecule has 1 amide bonds. The molecule has 0 N–H and O–H groups in total. The van der Waals surface area contributed by atoms with Gasteiger partial charge in [0.25, 0.3) is 5.91 Å². The fourth-order valence-electron chi connectivity index (χ4n) is 3.22. The fourth-order valence-corrected chi connectivity index (χ4v) is 4.05. The van der Waals surface area contributed by atoms with E-state index >= 15 is 0 Å². The normalized spacial score (nSPS) is 17.8. The molecule has 4 rings (SSSR count). The molecule has 1 aliphatic heterocycles. The lowest BCUT2D eigenvalue weighted by molar-refractivity contribution is 0.0702. The third-order valence-corrected chi connectivity index (χ3v) is 5.47. The van der Waals surface area contributed by atoms with Gasteiger partial charge in [0, 0.05) is 24.4 Å². The van der Waals surface area contributed by atoms with Crippen LogP contribution in [0.15, 0.2) is 39.5 Å². The second-order valence-electron chi connectivity index (χ2n) is 6.23. The van der Waals surface area contributed by atoms with Crippen LogP contribution in [0.3, 0.4) is 0 Å². The van der Waals surface area contributed by atoms with E-state index in [0.717, 1.165) is 28.2 Å². The lowest BCUT2D eigenvalue weighted by Gasteiger charge is -2.31. The Bertz CT molecular complexity index is 994. The smallest absolute Gasteiger partial charge is 0.349 e. The zero-order valence-corrected chi connectivity index (χ0v) is 14.6. The number of amides is 1. The standard InChI is InChI=1S/C18H17N3O3S/c1-11-19-20-16(25-11)13-6-4-8-21(10-13)17(22)14-9-12-5-2-3-7-15(12)24-18(14)23/h2-3,5,7,9,13H,4,6,8,10H2,1H3. The molecular formula is C18H17N3O3S. The first-order valence-corrected chi connectivity index (χ1v) is 9.05. The van der Waals surface area contributed by atoms with Crippen LogP contribution >= 0.6 is 11.3 Å². The zero-order valence-electron chi connectivity index (χ0n) is 13.8. The topological polar surface area (TPSA) is 76.3 Å². The Balaban J connectivity index is 1.62. The second-order valence-corrected chi connectivity index (χ2v) is 7.45. The SMILES string of the molecule is Cc1nnc(C2CCCN(C(=O)c3cc4ccccc4oc3=O)C2)s1. The highest BCUT2D eigenvalue weighted by Crippen LogP contribution is 2.29. The molecule has 1 aromatic carbocycles. The van der Waals surface area contributed by atoms with Gasteiger partial charge in [-0.25, -0.2) is 4.79 Å². The number of hydrogen-bond donors (Lipinski definition) is 0. The van der Waals surface area contributed by atoms with Gasteiger partial charge < -0.3 is 9.32 Å². The van der Waals surface area contributed by atoms with Crippen molar-refractivity contribution in [2.75, 3.05) is 13.1 Å². The average molecular weight is 355 g/mol. The Labute approximate surface area is 148 Å². The third-order valence-electron chi connectivity index (χ3n) is 4.47. The lowest BCUT2D eigenvalue weighted by Crippen LogP contribution is -2.40. The first-order valence-electron chi connectivity index (χ1n) is 8.24. The number of piperidine rings is 1. The van der Waals surface area contributed by atoms with Gasteiger partial charge in [0.2, 0.25) is 0 Å². The zero-order chi connectivity index (χ0) is 17.4. The molecule has 2 aromatic heterocycles. The van der Waals surface area contributed by atoms with Gasteiger partial charge in [-0.3, -0.25) is 4.79 Å². The first-order chi connectivity index (χ1) is 12.1. The summed E-state index contributed by atoms with van der Waals surface area (Å²) >= 11 is 1.57. The van der Waals surface area contributed by atoms with Gasteiger partial charge in [0.15, 0.2) is 0 Å². The van der Waals surface area contributed by atoms with E-state index in [1.54, 1.807) is 34.4 Å². The molecule has 1 aliphatic rings. The molecule has 6 nitrogen and oxygen atoms in total. The molecule has 1 fully saturated rings. The highest BCUT2D eigenvalue weighted by atomic mass is 32.1. The van der Waals surface area contributed by atoms with Crippen LogP contribution in [0.1, 0.15) is 39.1 Å². The summed E-state index contributed by atoms with van der Waals surface area (Å²) in [6.45, 7) is 3.12. The summed E-state index contributed by atoms with van der Waals surface area (Å²) in [5.74, 6) is -0.0955. The van der Waals surface area contributed by atoms with Crippen LogP contribution in [0.5, 0.6) is 0 Å². The molecule has 25 heavy (non-hydrogen) atoms. The molecule has 0 bridgehead atoms. The number of hydrogen-bond acceptors (Lipinski definition) is 6. The summed E-state index contributed by atoms with van der Waals surface area (Å²) in [4.78, 5) is 26.8. The molecule has 0 spiro atoms. The molecule has 1 saturated heterocycles.